The van der Waals surface area contributed by atoms with Gasteiger partial charge < -0.3 is 15.1 Å². The number of likely N-dealkylation sites (N-methyl/N-ethyl adjacent to an activating group) is 1. The lowest BCUT2D eigenvalue weighted by atomic mass is 10.2. The number of pyridine rings is 1. The zero-order valence-corrected chi connectivity index (χ0v) is 15.7. The minimum absolute atomic E-state index is 0.0780. The Bertz CT molecular complexity index is 1070. The number of hydrogen-bond donors (Lipinski definition) is 1. The lowest BCUT2D eigenvalue weighted by Crippen LogP contribution is -2.47. The Morgan fingerprint density at radius 1 is 1.00 bits per heavy atom. The van der Waals surface area contributed by atoms with E-state index in [-0.39, 0.29) is 17.4 Å². The molecule has 0 spiro atoms. The number of piperazine rings is 1. The summed E-state index contributed by atoms with van der Waals surface area (Å²) in [5.74, 6) is -2.79. The third kappa shape index (κ3) is 3.56. The standard InChI is InChI=1S/C20H19F2N5O2/c1-25-9-11-26(12-10-25)20(29)18-23-17(15-7-2-3-8-27(15)18)19(28)24-16-13(21)5-4-6-14(16)22/h2-8H,9-12H2,1H3,(H,24,28). The van der Waals surface area contributed by atoms with Gasteiger partial charge in [-0.15, -0.1) is 0 Å². The molecule has 150 valence electrons. The summed E-state index contributed by atoms with van der Waals surface area (Å²) in [5.41, 5.74) is -0.258. The summed E-state index contributed by atoms with van der Waals surface area (Å²) in [7, 11) is 1.98. The molecule has 0 radical (unpaired) electrons. The number of para-hydroxylation sites is 1. The van der Waals surface area contributed by atoms with Crippen molar-refractivity contribution in [3.8, 4) is 0 Å². The van der Waals surface area contributed by atoms with E-state index in [1.54, 1.807) is 29.3 Å². The quantitative estimate of drug-likeness (QED) is 0.734. The lowest BCUT2D eigenvalue weighted by Gasteiger charge is -2.31. The predicted molar refractivity (Wildman–Crippen MR) is 103 cm³/mol. The van der Waals surface area contributed by atoms with Crippen LogP contribution >= 0.6 is 0 Å². The molecule has 0 saturated carbocycles. The van der Waals surface area contributed by atoms with Gasteiger partial charge in [0.2, 0.25) is 5.82 Å². The summed E-state index contributed by atoms with van der Waals surface area (Å²) >= 11 is 0. The van der Waals surface area contributed by atoms with Gasteiger partial charge >= 0.3 is 0 Å². The van der Waals surface area contributed by atoms with Gasteiger partial charge in [0.25, 0.3) is 11.8 Å². The third-order valence-electron chi connectivity index (χ3n) is 4.95. The number of halogens is 2. The van der Waals surface area contributed by atoms with Crippen molar-refractivity contribution >= 4 is 23.0 Å². The van der Waals surface area contributed by atoms with Crippen LogP contribution in [0.5, 0.6) is 0 Å². The average molecular weight is 399 g/mol. The van der Waals surface area contributed by atoms with Gasteiger partial charge in [0.05, 0.1) is 5.52 Å². The molecule has 2 amide bonds. The molecule has 3 aromatic rings. The molecule has 0 bridgehead atoms. The van der Waals surface area contributed by atoms with Crippen molar-refractivity contribution < 1.29 is 18.4 Å². The van der Waals surface area contributed by atoms with E-state index in [1.807, 2.05) is 7.05 Å². The second-order valence-electron chi connectivity index (χ2n) is 6.89. The molecule has 29 heavy (non-hydrogen) atoms. The van der Waals surface area contributed by atoms with Gasteiger partial charge in [-0.05, 0) is 31.3 Å². The molecule has 1 aromatic carbocycles. The number of anilines is 1. The summed E-state index contributed by atoms with van der Waals surface area (Å²) in [6.07, 6.45) is 1.63. The molecule has 0 unspecified atom stereocenters. The van der Waals surface area contributed by atoms with Crippen LogP contribution in [0, 0.1) is 11.6 Å². The normalized spacial score (nSPS) is 14.9. The van der Waals surface area contributed by atoms with Crippen molar-refractivity contribution in [2.45, 2.75) is 0 Å². The Morgan fingerprint density at radius 3 is 2.38 bits per heavy atom. The molecule has 1 saturated heterocycles. The fourth-order valence-corrected chi connectivity index (χ4v) is 3.30. The highest BCUT2D eigenvalue weighted by Crippen LogP contribution is 2.21. The highest BCUT2D eigenvalue weighted by atomic mass is 19.1. The van der Waals surface area contributed by atoms with E-state index < -0.39 is 23.2 Å². The number of imidazole rings is 1. The SMILES string of the molecule is CN1CCN(C(=O)c2nc(C(=O)Nc3c(F)cccc3F)c3ccccn23)CC1. The van der Waals surface area contributed by atoms with Crippen LogP contribution in [0.15, 0.2) is 42.6 Å². The van der Waals surface area contributed by atoms with E-state index in [4.69, 9.17) is 0 Å². The predicted octanol–water partition coefficient (Wildman–Crippen LogP) is 2.25. The first kappa shape index (κ1) is 19.0. The smallest absolute Gasteiger partial charge is 0.290 e. The third-order valence-corrected chi connectivity index (χ3v) is 4.95. The zero-order chi connectivity index (χ0) is 20.5. The molecule has 3 heterocycles. The van der Waals surface area contributed by atoms with Crippen LogP contribution in [0.25, 0.3) is 5.52 Å². The monoisotopic (exact) mass is 399 g/mol. The van der Waals surface area contributed by atoms with Crippen LogP contribution in [0.4, 0.5) is 14.5 Å². The Kier molecular flexibility index (Phi) is 4.98. The Balaban J connectivity index is 1.69. The maximum atomic E-state index is 13.9. The molecule has 4 rings (SSSR count). The van der Waals surface area contributed by atoms with Crippen LogP contribution in [0.2, 0.25) is 0 Å². The van der Waals surface area contributed by atoms with E-state index in [2.05, 4.69) is 15.2 Å². The molecule has 1 aliphatic rings. The first-order chi connectivity index (χ1) is 14.0. The Morgan fingerprint density at radius 2 is 1.69 bits per heavy atom. The van der Waals surface area contributed by atoms with Crippen LogP contribution < -0.4 is 5.32 Å². The summed E-state index contributed by atoms with van der Waals surface area (Å²) in [5, 5.41) is 2.23. The number of nitrogens with zero attached hydrogens (tertiary/aromatic N) is 4. The van der Waals surface area contributed by atoms with Crippen molar-refractivity contribution in [2.24, 2.45) is 0 Å². The highest BCUT2D eigenvalue weighted by molar-refractivity contribution is 6.09. The number of nitrogens with one attached hydrogen (secondary N) is 1. The number of carbonyl (C=O) groups is 2. The summed E-state index contributed by atoms with van der Waals surface area (Å²) in [4.78, 5) is 33.8. The fourth-order valence-electron chi connectivity index (χ4n) is 3.30. The first-order valence-electron chi connectivity index (χ1n) is 9.16. The second kappa shape index (κ2) is 7.59. The van der Waals surface area contributed by atoms with Crippen molar-refractivity contribution in [3.63, 3.8) is 0 Å². The number of carbonyl (C=O) groups excluding carboxylic acids is 2. The van der Waals surface area contributed by atoms with Gasteiger partial charge in [-0.3, -0.25) is 14.0 Å². The molecule has 9 heteroatoms. The zero-order valence-electron chi connectivity index (χ0n) is 15.7. The van der Waals surface area contributed by atoms with Gasteiger partial charge in [0, 0.05) is 32.4 Å². The maximum Gasteiger partial charge on any atom is 0.290 e. The minimum atomic E-state index is -0.893. The van der Waals surface area contributed by atoms with E-state index in [9.17, 15) is 18.4 Å². The first-order valence-corrected chi connectivity index (χ1v) is 9.16. The van der Waals surface area contributed by atoms with Gasteiger partial charge in [-0.25, -0.2) is 13.8 Å². The molecule has 0 aliphatic carbocycles. The summed E-state index contributed by atoms with van der Waals surface area (Å²) < 4.78 is 29.3. The average Bonchev–Trinajstić information content (AvgIpc) is 3.11. The summed E-state index contributed by atoms with van der Waals surface area (Å²) in [6.45, 7) is 2.60. The number of amides is 2. The van der Waals surface area contributed by atoms with E-state index >= 15 is 0 Å². The van der Waals surface area contributed by atoms with E-state index in [1.165, 1.54) is 10.5 Å². The maximum absolute atomic E-state index is 13.9. The number of hydrogen-bond acceptors (Lipinski definition) is 4. The Labute approximate surface area is 165 Å². The fraction of sp³-hybridized carbons (Fsp3) is 0.250. The van der Waals surface area contributed by atoms with E-state index in [0.29, 0.717) is 18.6 Å². The van der Waals surface area contributed by atoms with Crippen molar-refractivity contribution in [1.29, 1.82) is 0 Å². The summed E-state index contributed by atoms with van der Waals surface area (Å²) in [6, 6.07) is 8.34. The minimum Gasteiger partial charge on any atom is -0.333 e. The van der Waals surface area contributed by atoms with E-state index in [0.717, 1.165) is 25.2 Å². The van der Waals surface area contributed by atoms with Gasteiger partial charge in [0.1, 0.15) is 17.3 Å². The van der Waals surface area contributed by atoms with Crippen LogP contribution in [0.3, 0.4) is 0 Å². The molecular weight excluding hydrogens is 380 g/mol. The number of aromatic nitrogens is 2. The molecular formula is C20H19F2N5O2. The van der Waals surface area contributed by atoms with Gasteiger partial charge in [-0.2, -0.15) is 0 Å². The van der Waals surface area contributed by atoms with Gasteiger partial charge in [-0.1, -0.05) is 12.1 Å². The number of fused-ring (bicyclic) bond motifs is 1. The van der Waals surface area contributed by atoms with Crippen LogP contribution in [-0.4, -0.2) is 64.2 Å². The second-order valence-corrected chi connectivity index (χ2v) is 6.89. The topological polar surface area (TPSA) is 69.9 Å². The molecule has 7 nitrogen and oxygen atoms in total. The molecule has 1 aliphatic heterocycles. The molecule has 0 atom stereocenters. The van der Waals surface area contributed by atoms with Crippen LogP contribution in [-0.2, 0) is 0 Å². The highest BCUT2D eigenvalue weighted by Gasteiger charge is 2.27. The van der Waals surface area contributed by atoms with Crippen molar-refractivity contribution in [3.05, 3.63) is 65.7 Å². The molecule has 1 fully saturated rings. The molecule has 1 N–H and O–H groups in total. The number of rotatable bonds is 3. The van der Waals surface area contributed by atoms with Crippen LogP contribution in [0.1, 0.15) is 21.1 Å². The van der Waals surface area contributed by atoms with Crippen molar-refractivity contribution in [2.75, 3.05) is 38.5 Å². The number of benzene rings is 1. The lowest BCUT2D eigenvalue weighted by molar-refractivity contribution is 0.0651. The van der Waals surface area contributed by atoms with Crippen molar-refractivity contribution in [1.82, 2.24) is 19.2 Å². The molecule has 2 aromatic heterocycles. The largest absolute Gasteiger partial charge is 0.333 e. The Hall–Kier alpha value is -3.33. The van der Waals surface area contributed by atoms with Gasteiger partial charge in [0.15, 0.2) is 5.69 Å².